The Morgan fingerprint density at radius 1 is 1.25 bits per heavy atom. The number of fused-ring (bicyclic) bond motifs is 2. The minimum atomic E-state index is -3.46. The normalized spacial score (nSPS) is 22.8. The number of aromatic nitrogens is 2. The molecular formula is C19H23N5O2S2. The number of thiazole rings is 1. The summed E-state index contributed by atoms with van der Waals surface area (Å²) < 4.78 is 30.2. The van der Waals surface area contributed by atoms with Gasteiger partial charge in [-0.15, -0.1) is 11.3 Å². The minimum absolute atomic E-state index is 0.248. The van der Waals surface area contributed by atoms with Crippen molar-refractivity contribution in [3.63, 3.8) is 0 Å². The molecule has 5 rings (SSSR count). The molecule has 1 saturated heterocycles. The molecule has 1 unspecified atom stereocenters. The van der Waals surface area contributed by atoms with Crippen LogP contribution in [-0.4, -0.2) is 42.0 Å². The molecule has 0 spiro atoms. The van der Waals surface area contributed by atoms with Crippen molar-refractivity contribution in [3.8, 4) is 0 Å². The molecule has 0 aliphatic carbocycles. The Hall–Kier alpha value is -1.94. The van der Waals surface area contributed by atoms with Crippen molar-refractivity contribution in [3.05, 3.63) is 47.2 Å². The molecule has 0 amide bonds. The highest BCUT2D eigenvalue weighted by atomic mass is 32.2. The number of sulfonamides is 1. The highest BCUT2D eigenvalue weighted by molar-refractivity contribution is 7.89. The lowest BCUT2D eigenvalue weighted by Gasteiger charge is -2.38. The van der Waals surface area contributed by atoms with E-state index in [-0.39, 0.29) is 12.1 Å². The Balaban J connectivity index is 1.27. The number of piperidine rings is 1. The number of benzene rings is 1. The number of aryl methyl sites for hydroxylation is 1. The fourth-order valence-corrected chi connectivity index (χ4v) is 6.41. The van der Waals surface area contributed by atoms with Crippen LogP contribution in [0.3, 0.4) is 0 Å². The number of imidazole rings is 1. The summed E-state index contributed by atoms with van der Waals surface area (Å²) in [5, 5.41) is 5.46. The molecule has 28 heavy (non-hydrogen) atoms. The van der Waals surface area contributed by atoms with Gasteiger partial charge in [-0.3, -0.25) is 9.30 Å². The van der Waals surface area contributed by atoms with Crippen LogP contribution in [0, 0.1) is 12.8 Å². The molecule has 7 nitrogen and oxygen atoms in total. The Morgan fingerprint density at radius 3 is 2.86 bits per heavy atom. The lowest BCUT2D eigenvalue weighted by atomic mass is 9.93. The summed E-state index contributed by atoms with van der Waals surface area (Å²) in [4.78, 5) is 8.45. The molecule has 2 aliphatic heterocycles. The average Bonchev–Trinajstić information content (AvgIpc) is 3.24. The summed E-state index contributed by atoms with van der Waals surface area (Å²) >= 11 is 1.66. The van der Waals surface area contributed by atoms with Gasteiger partial charge in [0.2, 0.25) is 10.0 Å². The van der Waals surface area contributed by atoms with Crippen LogP contribution in [-0.2, 0) is 16.6 Å². The predicted octanol–water partition coefficient (Wildman–Crippen LogP) is 2.65. The molecule has 4 heterocycles. The molecule has 3 aromatic rings. The van der Waals surface area contributed by atoms with E-state index >= 15 is 0 Å². The molecule has 1 aromatic carbocycles. The summed E-state index contributed by atoms with van der Waals surface area (Å²) in [6, 6.07) is 7.10. The summed E-state index contributed by atoms with van der Waals surface area (Å²) in [6.07, 6.45) is 3.74. The second-order valence-corrected chi connectivity index (χ2v) is 10.1. The van der Waals surface area contributed by atoms with Gasteiger partial charge in [0, 0.05) is 18.1 Å². The van der Waals surface area contributed by atoms with Crippen molar-refractivity contribution in [2.24, 2.45) is 5.92 Å². The fraction of sp³-hybridized carbons (Fsp3) is 0.421. The van der Waals surface area contributed by atoms with Crippen molar-refractivity contribution < 1.29 is 8.42 Å². The van der Waals surface area contributed by atoms with Crippen LogP contribution in [0.1, 0.15) is 24.2 Å². The molecule has 9 heteroatoms. The Kier molecular flexibility index (Phi) is 4.42. The number of hydrogen-bond acceptors (Lipinski definition) is 6. The van der Waals surface area contributed by atoms with Crippen LogP contribution in [0.25, 0.3) is 4.96 Å². The van der Waals surface area contributed by atoms with Crippen LogP contribution < -0.4 is 10.0 Å². The highest BCUT2D eigenvalue weighted by Crippen LogP contribution is 2.31. The van der Waals surface area contributed by atoms with Gasteiger partial charge in [0.1, 0.15) is 4.90 Å². The molecule has 2 N–H and O–H groups in total. The summed E-state index contributed by atoms with van der Waals surface area (Å²) in [5.41, 5.74) is 3.04. The Labute approximate surface area is 168 Å². The molecular weight excluding hydrogens is 394 g/mol. The Morgan fingerprint density at radius 2 is 2.04 bits per heavy atom. The topological polar surface area (TPSA) is 78.7 Å². The first kappa shape index (κ1) is 18.1. The SMILES string of the molecule is Cc1nc2sccn2c1CN1CCC(C2Nc3ccccc3S(=O)(=O)N2)CC1. The van der Waals surface area contributed by atoms with Gasteiger partial charge in [0.05, 0.1) is 23.2 Å². The van der Waals surface area contributed by atoms with Crippen LogP contribution >= 0.6 is 11.3 Å². The van der Waals surface area contributed by atoms with Crippen LogP contribution in [0.4, 0.5) is 5.69 Å². The standard InChI is InChI=1S/C19H23N5O2S2/c1-13-16(24-10-11-27-19(24)20-13)12-23-8-6-14(7-9-23)18-21-15-4-2-3-5-17(15)28(25,26)22-18/h2-5,10-11,14,18,21-22H,6-9,12H2,1H3. The van der Waals surface area contributed by atoms with Crippen molar-refractivity contribution in [1.82, 2.24) is 19.0 Å². The lowest BCUT2D eigenvalue weighted by molar-refractivity contribution is 0.161. The summed E-state index contributed by atoms with van der Waals surface area (Å²) in [6.45, 7) is 4.84. The molecule has 1 atom stereocenters. The van der Waals surface area contributed by atoms with Crippen molar-refractivity contribution in [2.45, 2.75) is 37.4 Å². The van der Waals surface area contributed by atoms with Gasteiger partial charge in [0.15, 0.2) is 4.96 Å². The van der Waals surface area contributed by atoms with Crippen LogP contribution in [0.5, 0.6) is 0 Å². The van der Waals surface area contributed by atoms with Gasteiger partial charge >= 0.3 is 0 Å². The molecule has 0 radical (unpaired) electrons. The van der Waals surface area contributed by atoms with Gasteiger partial charge in [-0.05, 0) is 50.9 Å². The number of nitrogens with zero attached hydrogens (tertiary/aromatic N) is 3. The number of likely N-dealkylation sites (tertiary alicyclic amines) is 1. The van der Waals surface area contributed by atoms with E-state index in [2.05, 4.69) is 42.8 Å². The van der Waals surface area contributed by atoms with Gasteiger partial charge in [-0.25, -0.2) is 13.4 Å². The molecule has 0 bridgehead atoms. The van der Waals surface area contributed by atoms with Crippen molar-refractivity contribution in [1.29, 1.82) is 0 Å². The average molecular weight is 418 g/mol. The van der Waals surface area contributed by atoms with E-state index in [9.17, 15) is 8.42 Å². The number of para-hydroxylation sites is 1. The zero-order chi connectivity index (χ0) is 19.3. The van der Waals surface area contributed by atoms with Crippen LogP contribution in [0.15, 0.2) is 40.7 Å². The third-order valence-electron chi connectivity index (χ3n) is 5.81. The lowest BCUT2D eigenvalue weighted by Crippen LogP contribution is -2.51. The van der Waals surface area contributed by atoms with E-state index in [4.69, 9.17) is 0 Å². The van der Waals surface area contributed by atoms with Crippen molar-refractivity contribution >= 4 is 32.0 Å². The predicted molar refractivity (Wildman–Crippen MR) is 110 cm³/mol. The summed E-state index contributed by atoms with van der Waals surface area (Å²) in [5.74, 6) is 0.270. The quantitative estimate of drug-likeness (QED) is 0.685. The maximum atomic E-state index is 12.6. The smallest absolute Gasteiger partial charge is 0.244 e. The molecule has 1 fully saturated rings. The van der Waals surface area contributed by atoms with Crippen molar-refractivity contribution in [2.75, 3.05) is 18.4 Å². The third-order valence-corrected chi connectivity index (χ3v) is 8.06. The molecule has 2 aliphatic rings. The maximum absolute atomic E-state index is 12.6. The number of hydrogen-bond donors (Lipinski definition) is 2. The third kappa shape index (κ3) is 3.12. The monoisotopic (exact) mass is 417 g/mol. The van der Waals surface area contributed by atoms with Gasteiger partial charge in [-0.1, -0.05) is 12.1 Å². The fourth-order valence-electron chi connectivity index (χ4n) is 4.25. The molecule has 0 saturated carbocycles. The van der Waals surface area contributed by atoms with Gasteiger partial charge < -0.3 is 5.32 Å². The maximum Gasteiger partial charge on any atom is 0.244 e. The second kappa shape index (κ2) is 6.84. The van der Waals surface area contributed by atoms with E-state index in [0.29, 0.717) is 10.6 Å². The zero-order valence-electron chi connectivity index (χ0n) is 15.6. The van der Waals surface area contributed by atoms with E-state index in [1.54, 1.807) is 23.5 Å². The number of rotatable bonds is 3. The van der Waals surface area contributed by atoms with Gasteiger partial charge in [0.25, 0.3) is 0 Å². The summed E-state index contributed by atoms with van der Waals surface area (Å²) in [7, 11) is -3.46. The molecule has 2 aromatic heterocycles. The number of nitrogens with one attached hydrogen (secondary N) is 2. The van der Waals surface area contributed by atoms with E-state index in [1.807, 2.05) is 12.1 Å². The van der Waals surface area contributed by atoms with E-state index < -0.39 is 10.0 Å². The molecule has 148 valence electrons. The van der Waals surface area contributed by atoms with Gasteiger partial charge in [-0.2, -0.15) is 4.72 Å². The first-order valence-electron chi connectivity index (χ1n) is 9.52. The number of anilines is 1. The largest absolute Gasteiger partial charge is 0.368 e. The van der Waals surface area contributed by atoms with E-state index in [1.165, 1.54) is 5.69 Å². The van der Waals surface area contributed by atoms with Crippen LogP contribution in [0.2, 0.25) is 0 Å². The highest BCUT2D eigenvalue weighted by Gasteiger charge is 2.35. The first-order chi connectivity index (χ1) is 13.5. The Bertz CT molecular complexity index is 1110. The first-order valence-corrected chi connectivity index (χ1v) is 11.9. The van der Waals surface area contributed by atoms with E-state index in [0.717, 1.165) is 43.1 Å². The second-order valence-electron chi connectivity index (χ2n) is 7.55. The minimum Gasteiger partial charge on any atom is -0.368 e. The zero-order valence-corrected chi connectivity index (χ0v) is 17.3.